The Bertz CT molecular complexity index is 341. The van der Waals surface area contributed by atoms with Crippen LogP contribution in [0.1, 0.15) is 50.5 Å². The van der Waals surface area contributed by atoms with E-state index >= 15 is 0 Å². The van der Waals surface area contributed by atoms with Crippen LogP contribution in [0.5, 0.6) is 0 Å². The third-order valence-electron chi connectivity index (χ3n) is 2.70. The van der Waals surface area contributed by atoms with E-state index in [9.17, 15) is 13.2 Å². The molecular formula is C11H17F3N2. The molecule has 1 heterocycles. The number of halogens is 3. The lowest BCUT2D eigenvalue weighted by Crippen LogP contribution is -2.07. The fourth-order valence-corrected chi connectivity index (χ4v) is 1.86. The zero-order chi connectivity index (χ0) is 12.3. The molecule has 0 aliphatic carbocycles. The van der Waals surface area contributed by atoms with Crippen LogP contribution < -0.4 is 0 Å². The van der Waals surface area contributed by atoms with Crippen LogP contribution in [0.4, 0.5) is 13.2 Å². The summed E-state index contributed by atoms with van der Waals surface area (Å²) in [6, 6.07) is 0. The fraction of sp³-hybridized carbons (Fsp3) is 0.727. The topological polar surface area (TPSA) is 17.8 Å². The maximum atomic E-state index is 12.5. The lowest BCUT2D eigenvalue weighted by molar-refractivity contribution is -0.141. The average Bonchev–Trinajstić information content (AvgIpc) is 2.56. The summed E-state index contributed by atoms with van der Waals surface area (Å²) in [7, 11) is 1.62. The van der Waals surface area contributed by atoms with E-state index in [0.717, 1.165) is 25.5 Å². The molecule has 0 bridgehead atoms. The second kappa shape index (κ2) is 4.89. The van der Waals surface area contributed by atoms with Gasteiger partial charge in [-0.2, -0.15) is 13.2 Å². The average molecular weight is 234 g/mol. The van der Waals surface area contributed by atoms with Crippen LogP contribution >= 0.6 is 0 Å². The van der Waals surface area contributed by atoms with Crippen LogP contribution in [0, 0.1) is 0 Å². The summed E-state index contributed by atoms with van der Waals surface area (Å²) >= 11 is 0. The van der Waals surface area contributed by atoms with E-state index in [1.165, 1.54) is 4.57 Å². The summed E-state index contributed by atoms with van der Waals surface area (Å²) in [5.74, 6) is 0.655. The molecular weight excluding hydrogens is 217 g/mol. The highest BCUT2D eigenvalue weighted by molar-refractivity contribution is 5.10. The number of nitrogens with zero attached hydrogens (tertiary/aromatic N) is 2. The molecule has 0 fully saturated rings. The van der Waals surface area contributed by atoms with Crippen molar-refractivity contribution in [3.63, 3.8) is 0 Å². The third-order valence-corrected chi connectivity index (χ3v) is 2.70. The van der Waals surface area contributed by atoms with Gasteiger partial charge in [-0.05, 0) is 12.8 Å². The normalized spacial score (nSPS) is 14.1. The summed E-state index contributed by atoms with van der Waals surface area (Å²) in [6.07, 6.45) is -0.643. The Hall–Kier alpha value is -1.00. The van der Waals surface area contributed by atoms with E-state index in [4.69, 9.17) is 0 Å². The molecule has 2 nitrogen and oxygen atoms in total. The van der Waals surface area contributed by atoms with Crippen molar-refractivity contribution in [3.05, 3.63) is 17.7 Å². The third kappa shape index (κ3) is 2.77. The molecule has 1 atom stereocenters. The molecule has 16 heavy (non-hydrogen) atoms. The molecule has 0 saturated carbocycles. The van der Waals surface area contributed by atoms with Crippen molar-refractivity contribution in [1.29, 1.82) is 0 Å². The lowest BCUT2D eigenvalue weighted by atomic mass is 10.00. The van der Waals surface area contributed by atoms with Crippen LogP contribution in [0.15, 0.2) is 6.20 Å². The molecule has 0 aromatic carbocycles. The molecule has 1 aromatic rings. The minimum Gasteiger partial charge on any atom is -0.337 e. The lowest BCUT2D eigenvalue weighted by Gasteiger charge is -2.12. The highest BCUT2D eigenvalue weighted by Gasteiger charge is 2.35. The van der Waals surface area contributed by atoms with Gasteiger partial charge in [0, 0.05) is 19.2 Å². The first kappa shape index (κ1) is 13.1. The van der Waals surface area contributed by atoms with Gasteiger partial charge in [-0.25, -0.2) is 4.98 Å². The van der Waals surface area contributed by atoms with Crippen LogP contribution in [0.25, 0.3) is 0 Å². The van der Waals surface area contributed by atoms with E-state index in [2.05, 4.69) is 4.98 Å². The first-order valence-corrected chi connectivity index (χ1v) is 5.50. The van der Waals surface area contributed by atoms with E-state index in [1.807, 2.05) is 13.8 Å². The number of hydrogen-bond donors (Lipinski definition) is 0. The first-order chi connectivity index (χ1) is 7.40. The number of alkyl halides is 3. The SMILES string of the molecule is CCCC(CC)c1nc(C(F)(F)F)cn1C. The highest BCUT2D eigenvalue weighted by Crippen LogP contribution is 2.31. The number of aromatic nitrogens is 2. The Morgan fingerprint density at radius 3 is 2.38 bits per heavy atom. The molecule has 92 valence electrons. The minimum absolute atomic E-state index is 0.117. The number of rotatable bonds is 4. The summed E-state index contributed by atoms with van der Waals surface area (Å²) in [5, 5.41) is 0. The molecule has 0 aliphatic rings. The molecule has 0 N–H and O–H groups in total. The fourth-order valence-electron chi connectivity index (χ4n) is 1.86. The molecule has 5 heteroatoms. The minimum atomic E-state index is -4.35. The zero-order valence-electron chi connectivity index (χ0n) is 9.80. The quantitative estimate of drug-likeness (QED) is 0.776. The molecule has 0 spiro atoms. The summed E-state index contributed by atoms with van der Waals surface area (Å²) in [4.78, 5) is 3.71. The van der Waals surface area contributed by atoms with Crippen molar-refractivity contribution in [2.24, 2.45) is 7.05 Å². The Morgan fingerprint density at radius 1 is 1.38 bits per heavy atom. The summed E-state index contributed by atoms with van der Waals surface area (Å²) in [5.41, 5.74) is -0.792. The Labute approximate surface area is 93.5 Å². The number of aryl methyl sites for hydroxylation is 1. The van der Waals surface area contributed by atoms with Crippen molar-refractivity contribution in [3.8, 4) is 0 Å². The molecule has 0 saturated heterocycles. The zero-order valence-corrected chi connectivity index (χ0v) is 9.80. The number of imidazole rings is 1. The van der Waals surface area contributed by atoms with Crippen LogP contribution in [0.2, 0.25) is 0 Å². The van der Waals surface area contributed by atoms with Crippen molar-refractivity contribution < 1.29 is 13.2 Å². The van der Waals surface area contributed by atoms with Crippen LogP contribution in [-0.4, -0.2) is 9.55 Å². The van der Waals surface area contributed by atoms with Crippen molar-refractivity contribution >= 4 is 0 Å². The summed E-state index contributed by atoms with van der Waals surface area (Å²) < 4.78 is 38.9. The molecule has 0 aliphatic heterocycles. The predicted molar refractivity (Wildman–Crippen MR) is 56.2 cm³/mol. The van der Waals surface area contributed by atoms with Gasteiger partial charge in [-0.1, -0.05) is 20.3 Å². The molecule has 0 radical (unpaired) electrons. The van der Waals surface area contributed by atoms with Gasteiger partial charge in [-0.3, -0.25) is 0 Å². The molecule has 0 amide bonds. The highest BCUT2D eigenvalue weighted by atomic mass is 19.4. The van der Waals surface area contributed by atoms with Crippen LogP contribution in [-0.2, 0) is 13.2 Å². The monoisotopic (exact) mass is 234 g/mol. The van der Waals surface area contributed by atoms with E-state index in [0.29, 0.717) is 5.82 Å². The smallest absolute Gasteiger partial charge is 0.337 e. The first-order valence-electron chi connectivity index (χ1n) is 5.50. The van der Waals surface area contributed by atoms with Gasteiger partial charge in [0.2, 0.25) is 0 Å². The van der Waals surface area contributed by atoms with Gasteiger partial charge >= 0.3 is 6.18 Å². The van der Waals surface area contributed by atoms with Gasteiger partial charge in [-0.15, -0.1) is 0 Å². The van der Waals surface area contributed by atoms with E-state index < -0.39 is 11.9 Å². The largest absolute Gasteiger partial charge is 0.434 e. The second-order valence-electron chi connectivity index (χ2n) is 3.99. The molecule has 1 unspecified atom stereocenters. The standard InChI is InChI=1S/C11H17F3N2/c1-4-6-8(5-2)10-15-9(7-16(10)3)11(12,13)14/h7-8H,4-6H2,1-3H3. The maximum absolute atomic E-state index is 12.5. The van der Waals surface area contributed by atoms with Gasteiger partial charge in [0.1, 0.15) is 5.82 Å². The van der Waals surface area contributed by atoms with Crippen LogP contribution in [0.3, 0.4) is 0 Å². The maximum Gasteiger partial charge on any atom is 0.434 e. The van der Waals surface area contributed by atoms with Gasteiger partial charge in [0.25, 0.3) is 0 Å². The Morgan fingerprint density at radius 2 is 2.00 bits per heavy atom. The Kier molecular flexibility index (Phi) is 3.99. The van der Waals surface area contributed by atoms with E-state index in [1.54, 1.807) is 7.05 Å². The summed E-state index contributed by atoms with van der Waals surface area (Å²) in [6.45, 7) is 4.00. The van der Waals surface area contributed by atoms with Gasteiger partial charge < -0.3 is 4.57 Å². The Balaban J connectivity index is 3.00. The molecule has 1 aromatic heterocycles. The van der Waals surface area contributed by atoms with Crippen molar-refractivity contribution in [1.82, 2.24) is 9.55 Å². The van der Waals surface area contributed by atoms with Gasteiger partial charge in [0.05, 0.1) is 0 Å². The van der Waals surface area contributed by atoms with Crippen molar-refractivity contribution in [2.45, 2.75) is 45.2 Å². The predicted octanol–water partition coefficient (Wildman–Crippen LogP) is 3.73. The van der Waals surface area contributed by atoms with Crippen molar-refractivity contribution in [2.75, 3.05) is 0 Å². The van der Waals surface area contributed by atoms with E-state index in [-0.39, 0.29) is 5.92 Å². The number of hydrogen-bond acceptors (Lipinski definition) is 1. The second-order valence-corrected chi connectivity index (χ2v) is 3.99. The molecule has 1 rings (SSSR count). The van der Waals surface area contributed by atoms with Gasteiger partial charge in [0.15, 0.2) is 5.69 Å².